The van der Waals surface area contributed by atoms with Crippen LogP contribution in [0.15, 0.2) is 42.5 Å². The van der Waals surface area contributed by atoms with Crippen molar-refractivity contribution in [3.05, 3.63) is 59.4 Å². The molecule has 0 aliphatic heterocycles. The normalized spacial score (nSPS) is 11.0. The van der Waals surface area contributed by atoms with Crippen LogP contribution in [0.5, 0.6) is 11.5 Å². The summed E-state index contributed by atoms with van der Waals surface area (Å²) in [5, 5.41) is 2.79. The quantitative estimate of drug-likeness (QED) is 0.880. The number of benzene rings is 2. The highest BCUT2D eigenvalue weighted by Crippen LogP contribution is 2.32. The number of methoxy groups -OCH3 is 2. The molecule has 1 amide bonds. The van der Waals surface area contributed by atoms with Crippen LogP contribution in [0.2, 0.25) is 0 Å². The first-order valence-corrected chi connectivity index (χ1v) is 7.64. The molecule has 0 radical (unpaired) electrons. The smallest absolute Gasteiger partial charge is 0.254 e. The van der Waals surface area contributed by atoms with E-state index in [1.54, 1.807) is 26.4 Å². The minimum atomic E-state index is -0.529. The van der Waals surface area contributed by atoms with E-state index in [1.165, 1.54) is 12.1 Å². The lowest BCUT2D eigenvalue weighted by molar-refractivity contribution is 0.0941. The van der Waals surface area contributed by atoms with Gasteiger partial charge in [0.15, 0.2) is 11.5 Å². The molecule has 0 aliphatic carbocycles. The van der Waals surface area contributed by atoms with Crippen LogP contribution < -0.4 is 14.8 Å². The van der Waals surface area contributed by atoms with Crippen molar-refractivity contribution >= 4 is 5.91 Å². The van der Waals surface area contributed by atoms with Crippen LogP contribution in [-0.4, -0.2) is 26.7 Å². The fraction of sp³-hybridized carbons (Fsp3) is 0.316. The summed E-state index contributed by atoms with van der Waals surface area (Å²) in [4.78, 5) is 12.2. The predicted molar refractivity (Wildman–Crippen MR) is 91.3 cm³/mol. The van der Waals surface area contributed by atoms with Crippen molar-refractivity contribution in [2.45, 2.75) is 19.3 Å². The van der Waals surface area contributed by atoms with E-state index in [9.17, 15) is 9.18 Å². The molecule has 24 heavy (non-hydrogen) atoms. The predicted octanol–water partition coefficient (Wildman–Crippen LogP) is 3.55. The average molecular weight is 331 g/mol. The Balaban J connectivity index is 2.14. The lowest BCUT2D eigenvalue weighted by Crippen LogP contribution is -2.37. The fourth-order valence-corrected chi connectivity index (χ4v) is 2.40. The molecule has 2 aromatic carbocycles. The van der Waals surface area contributed by atoms with Gasteiger partial charge in [0.2, 0.25) is 0 Å². The second-order valence-electron chi connectivity index (χ2n) is 6.12. The van der Waals surface area contributed by atoms with E-state index in [-0.39, 0.29) is 11.0 Å². The molecule has 0 unspecified atom stereocenters. The third-order valence-electron chi connectivity index (χ3n) is 3.97. The van der Waals surface area contributed by atoms with Gasteiger partial charge in [-0.1, -0.05) is 32.0 Å². The van der Waals surface area contributed by atoms with E-state index in [1.807, 2.05) is 32.0 Å². The van der Waals surface area contributed by atoms with Gasteiger partial charge in [-0.15, -0.1) is 0 Å². The van der Waals surface area contributed by atoms with Crippen molar-refractivity contribution < 1.29 is 18.7 Å². The zero-order chi connectivity index (χ0) is 17.7. The number of ether oxygens (including phenoxy) is 2. The molecule has 0 spiro atoms. The summed E-state index contributed by atoms with van der Waals surface area (Å²) >= 11 is 0. The Labute approximate surface area is 141 Å². The summed E-state index contributed by atoms with van der Waals surface area (Å²) < 4.78 is 24.2. The molecule has 5 heteroatoms. The Hall–Kier alpha value is -2.56. The first-order chi connectivity index (χ1) is 11.4. The topological polar surface area (TPSA) is 47.6 Å². The van der Waals surface area contributed by atoms with Crippen molar-refractivity contribution in [1.29, 1.82) is 0 Å². The zero-order valence-electron chi connectivity index (χ0n) is 14.4. The fourth-order valence-electron chi connectivity index (χ4n) is 2.40. The van der Waals surface area contributed by atoms with Crippen molar-refractivity contribution in [1.82, 2.24) is 5.32 Å². The Morgan fingerprint density at radius 3 is 2.38 bits per heavy atom. The van der Waals surface area contributed by atoms with Crippen LogP contribution in [0.1, 0.15) is 29.8 Å². The highest BCUT2D eigenvalue weighted by atomic mass is 19.1. The molecule has 0 saturated carbocycles. The van der Waals surface area contributed by atoms with Gasteiger partial charge in [0.05, 0.1) is 19.8 Å². The van der Waals surface area contributed by atoms with Crippen LogP contribution in [0.25, 0.3) is 0 Å². The number of nitrogens with one attached hydrogen (secondary N) is 1. The molecule has 0 aliphatic rings. The Kier molecular flexibility index (Phi) is 5.44. The minimum Gasteiger partial charge on any atom is -0.493 e. The molecule has 2 aromatic rings. The van der Waals surface area contributed by atoms with Crippen LogP contribution in [0, 0.1) is 5.82 Å². The number of hydrogen-bond donors (Lipinski definition) is 1. The van der Waals surface area contributed by atoms with E-state index >= 15 is 0 Å². The molecular formula is C19H22FNO3. The first-order valence-electron chi connectivity index (χ1n) is 7.64. The summed E-state index contributed by atoms with van der Waals surface area (Å²) in [6, 6.07) is 11.6. The van der Waals surface area contributed by atoms with E-state index in [0.717, 1.165) is 5.56 Å². The monoisotopic (exact) mass is 331 g/mol. The van der Waals surface area contributed by atoms with Crippen molar-refractivity contribution in [2.75, 3.05) is 20.8 Å². The van der Waals surface area contributed by atoms with E-state index in [4.69, 9.17) is 9.47 Å². The second-order valence-corrected chi connectivity index (χ2v) is 6.12. The maximum atomic E-state index is 13.7. The largest absolute Gasteiger partial charge is 0.493 e. The molecule has 128 valence electrons. The van der Waals surface area contributed by atoms with Crippen molar-refractivity contribution in [3.63, 3.8) is 0 Å². The van der Waals surface area contributed by atoms with Crippen LogP contribution in [0.4, 0.5) is 4.39 Å². The molecular weight excluding hydrogens is 309 g/mol. The number of carbonyl (C=O) groups excluding carboxylic acids is 1. The van der Waals surface area contributed by atoms with Gasteiger partial charge in [-0.3, -0.25) is 4.79 Å². The molecule has 0 saturated heterocycles. The van der Waals surface area contributed by atoms with Crippen LogP contribution >= 0.6 is 0 Å². The Morgan fingerprint density at radius 2 is 1.75 bits per heavy atom. The minimum absolute atomic E-state index is 0.0422. The summed E-state index contributed by atoms with van der Waals surface area (Å²) in [6.45, 7) is 4.35. The van der Waals surface area contributed by atoms with Gasteiger partial charge in [-0.05, 0) is 29.8 Å². The standard InChI is InChI=1S/C19H22FNO3/c1-19(2,13-9-10-16(23-3)17(11-13)24-4)12-21-18(22)14-7-5-6-8-15(14)20/h5-11H,12H2,1-4H3,(H,21,22). The van der Waals surface area contributed by atoms with Crippen LogP contribution in [-0.2, 0) is 5.41 Å². The number of carbonyl (C=O) groups is 1. The molecule has 0 atom stereocenters. The molecule has 0 heterocycles. The van der Waals surface area contributed by atoms with Gasteiger partial charge in [-0.2, -0.15) is 0 Å². The number of halogens is 1. The lowest BCUT2D eigenvalue weighted by Gasteiger charge is -2.26. The third-order valence-corrected chi connectivity index (χ3v) is 3.97. The summed E-state index contributed by atoms with van der Waals surface area (Å²) in [5.41, 5.74) is 0.662. The van der Waals surface area contributed by atoms with Gasteiger partial charge in [-0.25, -0.2) is 4.39 Å². The van der Waals surface area contributed by atoms with Gasteiger partial charge in [0.25, 0.3) is 5.91 Å². The Bertz CT molecular complexity index is 728. The van der Waals surface area contributed by atoms with Crippen molar-refractivity contribution in [2.24, 2.45) is 0 Å². The maximum Gasteiger partial charge on any atom is 0.254 e. The third kappa shape index (κ3) is 3.85. The second kappa shape index (κ2) is 7.34. The van der Waals surface area contributed by atoms with E-state index in [0.29, 0.717) is 18.0 Å². The molecule has 2 rings (SSSR count). The van der Waals surface area contributed by atoms with Gasteiger partial charge < -0.3 is 14.8 Å². The lowest BCUT2D eigenvalue weighted by atomic mass is 9.84. The summed E-state index contributed by atoms with van der Waals surface area (Å²) in [5.74, 6) is 0.316. The number of hydrogen-bond acceptors (Lipinski definition) is 3. The van der Waals surface area contributed by atoms with Gasteiger partial charge in [0.1, 0.15) is 5.82 Å². The zero-order valence-corrected chi connectivity index (χ0v) is 14.4. The molecule has 0 aromatic heterocycles. The molecule has 4 nitrogen and oxygen atoms in total. The van der Waals surface area contributed by atoms with Crippen molar-refractivity contribution in [3.8, 4) is 11.5 Å². The summed E-state index contributed by atoms with van der Waals surface area (Å²) in [7, 11) is 3.16. The van der Waals surface area contributed by atoms with Gasteiger partial charge in [0, 0.05) is 12.0 Å². The average Bonchev–Trinajstić information content (AvgIpc) is 2.59. The SMILES string of the molecule is COc1ccc(C(C)(C)CNC(=O)c2ccccc2F)cc1OC. The molecule has 0 bridgehead atoms. The summed E-state index contributed by atoms with van der Waals surface area (Å²) in [6.07, 6.45) is 0. The molecule has 0 fully saturated rings. The van der Waals surface area contributed by atoms with Gasteiger partial charge >= 0.3 is 0 Å². The maximum absolute atomic E-state index is 13.7. The van der Waals surface area contributed by atoms with E-state index in [2.05, 4.69) is 5.32 Å². The highest BCUT2D eigenvalue weighted by Gasteiger charge is 2.24. The first kappa shape index (κ1) is 17.8. The number of rotatable bonds is 6. The van der Waals surface area contributed by atoms with Crippen LogP contribution in [0.3, 0.4) is 0 Å². The Morgan fingerprint density at radius 1 is 1.08 bits per heavy atom. The number of amides is 1. The highest BCUT2D eigenvalue weighted by molar-refractivity contribution is 5.94. The molecule has 1 N–H and O–H groups in total. The van der Waals surface area contributed by atoms with E-state index < -0.39 is 11.7 Å².